The molecule has 0 spiro atoms. The van der Waals surface area contributed by atoms with Gasteiger partial charge in [-0.05, 0) is 42.7 Å². The first kappa shape index (κ1) is 11.7. The summed E-state index contributed by atoms with van der Waals surface area (Å²) in [6, 6.07) is 9.42. The number of anilines is 2. The van der Waals surface area contributed by atoms with E-state index in [1.807, 2.05) is 12.1 Å². The number of aromatic nitrogens is 1. The Balaban J connectivity index is 1.78. The van der Waals surface area contributed by atoms with Gasteiger partial charge >= 0.3 is 0 Å². The molecule has 2 N–H and O–H groups in total. The van der Waals surface area contributed by atoms with Crippen molar-refractivity contribution in [1.82, 2.24) is 4.98 Å². The molecule has 0 unspecified atom stereocenters. The lowest BCUT2D eigenvalue weighted by atomic mass is 10.0. The monoisotopic (exact) mass is 253 g/mol. The average Bonchev–Trinajstić information content (AvgIpc) is 2.48. The van der Waals surface area contributed by atoms with E-state index in [-0.39, 0.29) is 5.91 Å². The quantitative estimate of drug-likeness (QED) is 0.865. The molecule has 1 amide bonds. The number of hydrogen-bond acceptors (Lipinski definition) is 3. The second kappa shape index (κ2) is 5.10. The summed E-state index contributed by atoms with van der Waals surface area (Å²) in [6.45, 7) is 0.995. The minimum absolute atomic E-state index is 0.113. The maximum absolute atomic E-state index is 12.0. The molecule has 0 atom stereocenters. The standard InChI is InChI=1S/C15H15N3O/c19-15(12-5-8-16-9-6-12)18-13-4-3-11-2-1-7-17-14(11)10-13/h3-6,8-10,17H,1-2,7H2,(H,18,19). The van der Waals surface area contributed by atoms with Gasteiger partial charge in [0.05, 0.1) is 0 Å². The van der Waals surface area contributed by atoms with Gasteiger partial charge < -0.3 is 10.6 Å². The molecule has 96 valence electrons. The third-order valence-corrected chi connectivity index (χ3v) is 3.25. The van der Waals surface area contributed by atoms with Crippen molar-refractivity contribution in [1.29, 1.82) is 0 Å². The van der Waals surface area contributed by atoms with E-state index in [1.54, 1.807) is 24.5 Å². The van der Waals surface area contributed by atoms with Gasteiger partial charge in [0.25, 0.3) is 5.91 Å². The van der Waals surface area contributed by atoms with Crippen molar-refractivity contribution in [3.05, 3.63) is 53.9 Å². The molecule has 2 aromatic rings. The lowest BCUT2D eigenvalue weighted by Crippen LogP contribution is -2.14. The van der Waals surface area contributed by atoms with Crippen LogP contribution in [0.3, 0.4) is 0 Å². The molecule has 0 bridgehead atoms. The smallest absolute Gasteiger partial charge is 0.255 e. The maximum Gasteiger partial charge on any atom is 0.255 e. The van der Waals surface area contributed by atoms with Crippen LogP contribution in [0.2, 0.25) is 0 Å². The number of rotatable bonds is 2. The number of carbonyl (C=O) groups is 1. The fraction of sp³-hybridized carbons (Fsp3) is 0.200. The van der Waals surface area contributed by atoms with Crippen LogP contribution in [0.1, 0.15) is 22.3 Å². The molecule has 0 radical (unpaired) electrons. The Morgan fingerprint density at radius 2 is 2.05 bits per heavy atom. The van der Waals surface area contributed by atoms with Crippen molar-refractivity contribution in [2.75, 3.05) is 17.2 Å². The highest BCUT2D eigenvalue weighted by atomic mass is 16.1. The van der Waals surface area contributed by atoms with Crippen LogP contribution in [0.25, 0.3) is 0 Å². The summed E-state index contributed by atoms with van der Waals surface area (Å²) in [5.74, 6) is -0.113. The van der Waals surface area contributed by atoms with Crippen LogP contribution in [0.4, 0.5) is 11.4 Å². The van der Waals surface area contributed by atoms with E-state index in [0.29, 0.717) is 5.56 Å². The molecule has 0 aliphatic carbocycles. The van der Waals surface area contributed by atoms with Crippen molar-refractivity contribution in [2.24, 2.45) is 0 Å². The van der Waals surface area contributed by atoms with E-state index in [0.717, 1.165) is 30.8 Å². The highest BCUT2D eigenvalue weighted by molar-refractivity contribution is 6.04. The van der Waals surface area contributed by atoms with Crippen LogP contribution in [-0.2, 0) is 6.42 Å². The number of hydrogen-bond donors (Lipinski definition) is 2. The van der Waals surface area contributed by atoms with E-state index in [1.165, 1.54) is 5.56 Å². The fourth-order valence-corrected chi connectivity index (χ4v) is 2.25. The topological polar surface area (TPSA) is 54.0 Å². The first-order valence-corrected chi connectivity index (χ1v) is 6.41. The highest BCUT2D eigenvalue weighted by Gasteiger charge is 2.10. The normalized spacial score (nSPS) is 13.3. The van der Waals surface area contributed by atoms with Crippen LogP contribution in [0.15, 0.2) is 42.7 Å². The summed E-state index contributed by atoms with van der Waals surface area (Å²) in [6.07, 6.45) is 5.49. The van der Waals surface area contributed by atoms with Crippen molar-refractivity contribution < 1.29 is 4.79 Å². The predicted octanol–water partition coefficient (Wildman–Crippen LogP) is 2.69. The van der Waals surface area contributed by atoms with Crippen LogP contribution in [0.5, 0.6) is 0 Å². The number of aryl methyl sites for hydroxylation is 1. The lowest BCUT2D eigenvalue weighted by Gasteiger charge is -2.18. The Morgan fingerprint density at radius 3 is 2.89 bits per heavy atom. The number of nitrogens with one attached hydrogen (secondary N) is 2. The molecule has 1 aliphatic heterocycles. The van der Waals surface area contributed by atoms with Gasteiger partial charge in [0.15, 0.2) is 0 Å². The molecule has 4 nitrogen and oxygen atoms in total. The molecular weight excluding hydrogens is 238 g/mol. The third-order valence-electron chi connectivity index (χ3n) is 3.25. The largest absolute Gasteiger partial charge is 0.385 e. The zero-order valence-electron chi connectivity index (χ0n) is 10.5. The van der Waals surface area contributed by atoms with Gasteiger partial charge in [-0.15, -0.1) is 0 Å². The molecule has 3 rings (SSSR count). The number of nitrogens with zero attached hydrogens (tertiary/aromatic N) is 1. The summed E-state index contributed by atoms with van der Waals surface area (Å²) >= 11 is 0. The van der Waals surface area contributed by atoms with Crippen molar-refractivity contribution in [3.63, 3.8) is 0 Å². The van der Waals surface area contributed by atoms with Crippen LogP contribution in [-0.4, -0.2) is 17.4 Å². The Morgan fingerprint density at radius 1 is 1.21 bits per heavy atom. The molecule has 4 heteroatoms. The molecular formula is C15H15N3O. The molecule has 2 heterocycles. The Bertz CT molecular complexity index is 596. The number of pyridine rings is 1. The average molecular weight is 253 g/mol. The fourth-order valence-electron chi connectivity index (χ4n) is 2.25. The number of benzene rings is 1. The Kier molecular flexibility index (Phi) is 3.14. The van der Waals surface area contributed by atoms with Crippen molar-refractivity contribution in [3.8, 4) is 0 Å². The second-order valence-corrected chi connectivity index (χ2v) is 4.59. The molecule has 1 aromatic heterocycles. The van der Waals surface area contributed by atoms with Gasteiger partial charge in [-0.2, -0.15) is 0 Å². The summed E-state index contributed by atoms with van der Waals surface area (Å²) in [4.78, 5) is 15.9. The molecule has 0 saturated heterocycles. The van der Waals surface area contributed by atoms with E-state index in [4.69, 9.17) is 0 Å². The number of amides is 1. The number of carbonyl (C=O) groups excluding carboxylic acids is 1. The minimum atomic E-state index is -0.113. The molecule has 1 aromatic carbocycles. The van der Waals surface area contributed by atoms with Gasteiger partial charge in [-0.1, -0.05) is 6.07 Å². The molecule has 19 heavy (non-hydrogen) atoms. The minimum Gasteiger partial charge on any atom is -0.385 e. The SMILES string of the molecule is O=C(Nc1ccc2c(c1)NCCC2)c1ccncc1. The maximum atomic E-state index is 12.0. The van der Waals surface area contributed by atoms with E-state index in [9.17, 15) is 4.79 Å². The van der Waals surface area contributed by atoms with Crippen molar-refractivity contribution >= 4 is 17.3 Å². The highest BCUT2D eigenvalue weighted by Crippen LogP contribution is 2.25. The van der Waals surface area contributed by atoms with Gasteiger partial charge in [0.2, 0.25) is 0 Å². The van der Waals surface area contributed by atoms with Crippen LogP contribution >= 0.6 is 0 Å². The van der Waals surface area contributed by atoms with Gasteiger partial charge in [0.1, 0.15) is 0 Å². The zero-order valence-corrected chi connectivity index (χ0v) is 10.5. The van der Waals surface area contributed by atoms with Crippen LogP contribution < -0.4 is 10.6 Å². The molecule has 0 saturated carbocycles. The van der Waals surface area contributed by atoms with Crippen molar-refractivity contribution in [2.45, 2.75) is 12.8 Å². The molecule has 0 fully saturated rings. The van der Waals surface area contributed by atoms with E-state index < -0.39 is 0 Å². The first-order valence-electron chi connectivity index (χ1n) is 6.41. The first-order chi connectivity index (χ1) is 9.33. The third kappa shape index (κ3) is 2.57. The lowest BCUT2D eigenvalue weighted by molar-refractivity contribution is 0.102. The van der Waals surface area contributed by atoms with Gasteiger partial charge in [0, 0.05) is 35.9 Å². The summed E-state index contributed by atoms with van der Waals surface area (Å²) in [7, 11) is 0. The predicted molar refractivity (Wildman–Crippen MR) is 75.4 cm³/mol. The summed E-state index contributed by atoms with van der Waals surface area (Å²) in [5.41, 5.74) is 3.86. The van der Waals surface area contributed by atoms with Crippen LogP contribution in [0, 0.1) is 0 Å². The van der Waals surface area contributed by atoms with E-state index in [2.05, 4.69) is 21.7 Å². The summed E-state index contributed by atoms with van der Waals surface area (Å²) in [5, 5.41) is 6.26. The van der Waals surface area contributed by atoms with E-state index >= 15 is 0 Å². The Hall–Kier alpha value is -2.36. The summed E-state index contributed by atoms with van der Waals surface area (Å²) < 4.78 is 0. The van der Waals surface area contributed by atoms with Gasteiger partial charge in [-0.3, -0.25) is 9.78 Å². The second-order valence-electron chi connectivity index (χ2n) is 4.59. The molecule has 1 aliphatic rings. The van der Waals surface area contributed by atoms with Gasteiger partial charge in [-0.25, -0.2) is 0 Å². The number of fused-ring (bicyclic) bond motifs is 1. The zero-order chi connectivity index (χ0) is 13.1. The Labute approximate surface area is 111 Å².